The highest BCUT2D eigenvalue weighted by Gasteiger charge is 2.41. The van der Waals surface area contributed by atoms with Crippen LogP contribution < -0.4 is 0 Å². The van der Waals surface area contributed by atoms with Crippen molar-refractivity contribution in [3.8, 4) is 0 Å². The topological polar surface area (TPSA) is 69.7 Å². The molecule has 0 saturated heterocycles. The largest absolute Gasteiger partial charge is 0.465 e. The van der Waals surface area contributed by atoms with E-state index in [4.69, 9.17) is 4.74 Å². The number of rotatable bonds is 1. The molecule has 1 aliphatic carbocycles. The van der Waals surface area contributed by atoms with Crippen LogP contribution in [0.5, 0.6) is 0 Å². The van der Waals surface area contributed by atoms with Gasteiger partial charge in [0.15, 0.2) is 11.3 Å². The maximum absolute atomic E-state index is 12.3. The molecular weight excluding hydrogens is 272 g/mol. The molecule has 1 aliphatic heterocycles. The predicted octanol–water partition coefficient (Wildman–Crippen LogP) is 2.04. The molecule has 106 valence electrons. The summed E-state index contributed by atoms with van der Waals surface area (Å²) >= 11 is 0. The van der Waals surface area contributed by atoms with E-state index in [9.17, 15) is 14.4 Å². The number of carbonyl (C=O) groups excluding carboxylic acids is 3. The highest BCUT2D eigenvalue weighted by molar-refractivity contribution is 6.57. The summed E-state index contributed by atoms with van der Waals surface area (Å²) in [4.78, 5) is 36.4. The van der Waals surface area contributed by atoms with Crippen LogP contribution in [0.2, 0.25) is 0 Å². The summed E-state index contributed by atoms with van der Waals surface area (Å²) in [6.07, 6.45) is 1.46. The molecule has 5 nitrogen and oxygen atoms in total. The number of aryl methyl sites for hydroxylation is 1. The minimum atomic E-state index is -0.891. The molecule has 0 fully saturated rings. The van der Waals surface area contributed by atoms with Gasteiger partial charge in [0.25, 0.3) is 0 Å². The maximum atomic E-state index is 12.3. The summed E-state index contributed by atoms with van der Waals surface area (Å²) in [6.45, 7) is 3.58. The zero-order valence-corrected chi connectivity index (χ0v) is 11.8. The third-order valence-electron chi connectivity index (χ3n) is 3.70. The molecule has 0 unspecified atom stereocenters. The van der Waals surface area contributed by atoms with Crippen LogP contribution in [0.15, 0.2) is 24.0 Å². The highest BCUT2D eigenvalue weighted by Crippen LogP contribution is 2.41. The van der Waals surface area contributed by atoms with Crippen LogP contribution in [-0.2, 0) is 19.1 Å². The van der Waals surface area contributed by atoms with E-state index >= 15 is 0 Å². The van der Waals surface area contributed by atoms with E-state index in [1.807, 2.05) is 13.0 Å². The van der Waals surface area contributed by atoms with Crippen molar-refractivity contribution in [3.05, 3.63) is 46.2 Å². The van der Waals surface area contributed by atoms with Crippen molar-refractivity contribution < 1.29 is 23.9 Å². The summed E-state index contributed by atoms with van der Waals surface area (Å²) in [6, 6.07) is 3.63. The fourth-order valence-corrected chi connectivity index (χ4v) is 2.64. The van der Waals surface area contributed by atoms with Crippen LogP contribution >= 0.6 is 0 Å². The van der Waals surface area contributed by atoms with Crippen LogP contribution in [0.1, 0.15) is 34.0 Å². The molecule has 5 heteroatoms. The monoisotopic (exact) mass is 284 g/mol. The van der Waals surface area contributed by atoms with Gasteiger partial charge in [-0.05, 0) is 30.5 Å². The van der Waals surface area contributed by atoms with Crippen molar-refractivity contribution in [3.63, 3.8) is 0 Å². The quantitative estimate of drug-likeness (QED) is 0.448. The zero-order valence-electron chi connectivity index (χ0n) is 11.8. The molecule has 2 aliphatic rings. The number of hydrogen-bond donors (Lipinski definition) is 0. The average molecular weight is 284 g/mol. The molecule has 3 rings (SSSR count). The third-order valence-corrected chi connectivity index (χ3v) is 3.70. The number of methoxy groups -OCH3 is 1. The molecule has 0 aromatic heterocycles. The maximum Gasteiger partial charge on any atom is 0.345 e. The fourth-order valence-electron chi connectivity index (χ4n) is 2.64. The number of ketones is 2. The van der Waals surface area contributed by atoms with Gasteiger partial charge in [-0.25, -0.2) is 4.79 Å². The van der Waals surface area contributed by atoms with Gasteiger partial charge in [0, 0.05) is 11.1 Å². The number of esters is 1. The molecule has 0 radical (unpaired) electrons. The van der Waals surface area contributed by atoms with Crippen molar-refractivity contribution in [2.24, 2.45) is 0 Å². The van der Waals surface area contributed by atoms with E-state index < -0.39 is 17.5 Å². The minimum Gasteiger partial charge on any atom is -0.465 e. The second kappa shape index (κ2) is 4.41. The summed E-state index contributed by atoms with van der Waals surface area (Å²) < 4.78 is 10.1. The molecule has 21 heavy (non-hydrogen) atoms. The van der Waals surface area contributed by atoms with Gasteiger partial charge in [-0.3, -0.25) is 9.59 Å². The Hall–Kier alpha value is -2.69. The molecule has 0 saturated carbocycles. The van der Waals surface area contributed by atoms with Gasteiger partial charge in [0.1, 0.15) is 0 Å². The van der Waals surface area contributed by atoms with E-state index in [2.05, 4.69) is 4.74 Å². The van der Waals surface area contributed by atoms with Crippen molar-refractivity contribution in [1.82, 2.24) is 0 Å². The van der Waals surface area contributed by atoms with Crippen molar-refractivity contribution in [2.45, 2.75) is 13.8 Å². The average Bonchev–Trinajstić information content (AvgIpc) is 2.47. The number of ether oxygens (including phenoxy) is 2. The fraction of sp³-hybridized carbons (Fsp3) is 0.188. The smallest absolute Gasteiger partial charge is 0.345 e. The first kappa shape index (κ1) is 13.3. The lowest BCUT2D eigenvalue weighted by atomic mass is 9.81. The minimum absolute atomic E-state index is 0.103. The van der Waals surface area contributed by atoms with Gasteiger partial charge in [-0.15, -0.1) is 0 Å². The molecule has 0 bridgehead atoms. The summed E-state index contributed by atoms with van der Waals surface area (Å²) in [7, 11) is 1.16. The second-order valence-corrected chi connectivity index (χ2v) is 4.95. The molecule has 1 aromatic carbocycles. The van der Waals surface area contributed by atoms with Crippen molar-refractivity contribution >= 4 is 28.9 Å². The van der Waals surface area contributed by atoms with E-state index in [1.54, 1.807) is 13.0 Å². The molecule has 0 amide bonds. The SMILES string of the molecule is COC(=O)C1=C2OC=C(C)c3ccc(C)c(c32)C(=O)C1=O. The molecule has 0 N–H and O–H groups in total. The van der Waals surface area contributed by atoms with Crippen LogP contribution in [0, 0.1) is 6.92 Å². The number of Topliss-reactive ketones (excluding diaryl/α,β-unsaturated/α-hetero) is 2. The Morgan fingerprint density at radius 3 is 2.48 bits per heavy atom. The first-order valence-electron chi connectivity index (χ1n) is 6.36. The van der Waals surface area contributed by atoms with Crippen LogP contribution in [0.4, 0.5) is 0 Å². The van der Waals surface area contributed by atoms with E-state index in [0.29, 0.717) is 16.7 Å². The standard InChI is InChI=1S/C16H12O5/c1-7-4-5-9-8(2)6-21-15-11(9)10(7)13(17)14(18)12(15)16(19)20-3/h4-6H,1-3H3. The highest BCUT2D eigenvalue weighted by atomic mass is 16.5. The number of carbonyl (C=O) groups is 3. The lowest BCUT2D eigenvalue weighted by Gasteiger charge is -2.26. The Kier molecular flexibility index (Phi) is 2.79. The molecule has 1 aromatic rings. The first-order chi connectivity index (χ1) is 9.97. The van der Waals surface area contributed by atoms with Gasteiger partial charge in [0.05, 0.1) is 13.4 Å². The number of benzene rings is 1. The van der Waals surface area contributed by atoms with Gasteiger partial charge >= 0.3 is 5.97 Å². The van der Waals surface area contributed by atoms with Gasteiger partial charge < -0.3 is 9.47 Å². The van der Waals surface area contributed by atoms with Crippen LogP contribution in [0.25, 0.3) is 11.3 Å². The Labute approximate surface area is 120 Å². The molecule has 0 spiro atoms. The molecular formula is C16H12O5. The Morgan fingerprint density at radius 2 is 1.81 bits per heavy atom. The lowest BCUT2D eigenvalue weighted by molar-refractivity contribution is -0.137. The Balaban J connectivity index is 2.45. The van der Waals surface area contributed by atoms with E-state index in [0.717, 1.165) is 18.2 Å². The van der Waals surface area contributed by atoms with E-state index in [-0.39, 0.29) is 11.3 Å². The van der Waals surface area contributed by atoms with Crippen LogP contribution in [0.3, 0.4) is 0 Å². The van der Waals surface area contributed by atoms with Gasteiger partial charge in [0.2, 0.25) is 11.6 Å². The van der Waals surface area contributed by atoms with Crippen molar-refractivity contribution in [1.29, 1.82) is 0 Å². The molecule has 0 atom stereocenters. The Morgan fingerprint density at radius 1 is 1.10 bits per heavy atom. The normalized spacial score (nSPS) is 16.2. The number of hydrogen-bond acceptors (Lipinski definition) is 5. The third kappa shape index (κ3) is 1.67. The van der Waals surface area contributed by atoms with Crippen LogP contribution in [-0.4, -0.2) is 24.6 Å². The Bertz CT molecular complexity index is 780. The predicted molar refractivity (Wildman–Crippen MR) is 74.2 cm³/mol. The summed E-state index contributed by atoms with van der Waals surface area (Å²) in [5, 5.41) is 0. The molecule has 1 heterocycles. The summed E-state index contributed by atoms with van der Waals surface area (Å²) in [5.41, 5.74) is 2.73. The van der Waals surface area contributed by atoms with Gasteiger partial charge in [-0.2, -0.15) is 0 Å². The zero-order chi connectivity index (χ0) is 15.3. The first-order valence-corrected chi connectivity index (χ1v) is 6.36. The van der Waals surface area contributed by atoms with Crippen molar-refractivity contribution in [2.75, 3.05) is 7.11 Å². The number of allylic oxidation sites excluding steroid dienone is 1. The summed E-state index contributed by atoms with van der Waals surface area (Å²) in [5.74, 6) is -2.36. The lowest BCUT2D eigenvalue weighted by Crippen LogP contribution is -2.31. The van der Waals surface area contributed by atoms with Gasteiger partial charge in [-0.1, -0.05) is 12.1 Å². The second-order valence-electron chi connectivity index (χ2n) is 4.95. The van der Waals surface area contributed by atoms with E-state index in [1.165, 1.54) is 6.26 Å².